The van der Waals surface area contributed by atoms with E-state index in [2.05, 4.69) is 15.4 Å². The molecular weight excluding hydrogens is 312 g/mol. The lowest BCUT2D eigenvalue weighted by atomic mass is 9.84. The van der Waals surface area contributed by atoms with E-state index in [0.29, 0.717) is 23.2 Å². The maximum absolute atomic E-state index is 13.1. The lowest BCUT2D eigenvalue weighted by molar-refractivity contribution is 0.0973. The zero-order valence-electron chi connectivity index (χ0n) is 11.9. The van der Waals surface area contributed by atoms with Gasteiger partial charge in [-0.25, -0.2) is 8.78 Å². The summed E-state index contributed by atoms with van der Waals surface area (Å²) in [5.74, 6) is 1.14. The zero-order chi connectivity index (χ0) is 15.3. The SMILES string of the molecule is FC(F)c1c(Cl)ccc2c(N[C@H]3CN4CCC3CC4)noc12. The Bertz CT molecular complexity index is 697. The van der Waals surface area contributed by atoms with Crippen molar-refractivity contribution in [3.63, 3.8) is 0 Å². The van der Waals surface area contributed by atoms with Crippen LogP contribution >= 0.6 is 11.6 Å². The molecule has 0 aliphatic carbocycles. The molecule has 0 unspecified atom stereocenters. The standard InChI is InChI=1S/C15H16ClF2N3O/c16-10-2-1-9-13(12(10)14(17)18)22-20-15(9)19-11-7-21-5-3-8(11)4-6-21/h1-2,8,11,14H,3-7H2,(H,19,20)/t11-/m0/s1. The predicted octanol–water partition coefficient (Wildman–Crippen LogP) is 3.92. The topological polar surface area (TPSA) is 41.3 Å². The number of piperidine rings is 3. The van der Waals surface area contributed by atoms with Gasteiger partial charge in [0.05, 0.1) is 16.0 Å². The van der Waals surface area contributed by atoms with Crippen LogP contribution in [0.15, 0.2) is 16.7 Å². The summed E-state index contributed by atoms with van der Waals surface area (Å²) in [6.45, 7) is 3.26. The van der Waals surface area contributed by atoms with E-state index < -0.39 is 6.43 Å². The molecule has 1 atom stereocenters. The van der Waals surface area contributed by atoms with Crippen LogP contribution in [0.3, 0.4) is 0 Å². The van der Waals surface area contributed by atoms with Crippen molar-refractivity contribution in [3.8, 4) is 0 Å². The lowest BCUT2D eigenvalue weighted by Gasteiger charge is -2.44. The average molecular weight is 328 g/mol. The Balaban J connectivity index is 1.67. The number of hydrogen-bond acceptors (Lipinski definition) is 4. The van der Waals surface area contributed by atoms with Crippen molar-refractivity contribution < 1.29 is 13.3 Å². The van der Waals surface area contributed by atoms with Gasteiger partial charge in [-0.3, -0.25) is 0 Å². The predicted molar refractivity (Wildman–Crippen MR) is 80.6 cm³/mol. The first-order valence-corrected chi connectivity index (χ1v) is 7.86. The highest BCUT2D eigenvalue weighted by Gasteiger charge is 2.35. The van der Waals surface area contributed by atoms with E-state index in [9.17, 15) is 8.78 Å². The molecule has 4 heterocycles. The number of rotatable bonds is 3. The third-order valence-corrected chi connectivity index (χ3v) is 5.15. The van der Waals surface area contributed by atoms with Crippen LogP contribution in [-0.4, -0.2) is 35.7 Å². The minimum Gasteiger partial charge on any atom is -0.362 e. The van der Waals surface area contributed by atoms with Crippen LogP contribution in [0, 0.1) is 5.92 Å². The zero-order valence-corrected chi connectivity index (χ0v) is 12.6. The largest absolute Gasteiger partial charge is 0.362 e. The Labute approximate surface area is 131 Å². The number of aromatic nitrogens is 1. The molecule has 3 aliphatic rings. The van der Waals surface area contributed by atoms with Gasteiger partial charge in [-0.1, -0.05) is 16.8 Å². The molecule has 0 spiro atoms. The van der Waals surface area contributed by atoms with Crippen molar-refractivity contribution in [2.75, 3.05) is 25.0 Å². The number of anilines is 1. The molecule has 2 bridgehead atoms. The molecule has 3 fully saturated rings. The molecule has 0 saturated carbocycles. The smallest absolute Gasteiger partial charge is 0.269 e. The van der Waals surface area contributed by atoms with Gasteiger partial charge in [0.15, 0.2) is 11.4 Å². The van der Waals surface area contributed by atoms with Gasteiger partial charge in [-0.15, -0.1) is 0 Å². The monoisotopic (exact) mass is 327 g/mol. The summed E-state index contributed by atoms with van der Waals surface area (Å²) in [5.41, 5.74) is -0.208. The Morgan fingerprint density at radius 2 is 2.09 bits per heavy atom. The van der Waals surface area contributed by atoms with Crippen LogP contribution in [0.5, 0.6) is 0 Å². The Morgan fingerprint density at radius 1 is 1.32 bits per heavy atom. The van der Waals surface area contributed by atoms with Crippen molar-refractivity contribution in [2.45, 2.75) is 25.3 Å². The van der Waals surface area contributed by atoms with Gasteiger partial charge in [0.2, 0.25) is 0 Å². The van der Waals surface area contributed by atoms with E-state index in [0.717, 1.165) is 19.6 Å². The van der Waals surface area contributed by atoms with Crippen LogP contribution in [0.1, 0.15) is 24.8 Å². The van der Waals surface area contributed by atoms with E-state index in [-0.39, 0.29) is 16.2 Å². The molecule has 1 aromatic carbocycles. The quantitative estimate of drug-likeness (QED) is 0.927. The van der Waals surface area contributed by atoms with Gasteiger partial charge in [-0.2, -0.15) is 0 Å². The maximum Gasteiger partial charge on any atom is 0.269 e. The molecule has 118 valence electrons. The fourth-order valence-corrected chi connectivity index (χ4v) is 3.84. The Morgan fingerprint density at radius 3 is 2.73 bits per heavy atom. The molecule has 5 rings (SSSR count). The Kier molecular flexibility index (Phi) is 3.46. The van der Waals surface area contributed by atoms with Gasteiger partial charge >= 0.3 is 0 Å². The molecule has 1 aromatic heterocycles. The third-order valence-electron chi connectivity index (χ3n) is 4.82. The van der Waals surface area contributed by atoms with Crippen LogP contribution < -0.4 is 5.32 Å². The molecule has 22 heavy (non-hydrogen) atoms. The van der Waals surface area contributed by atoms with Gasteiger partial charge < -0.3 is 14.7 Å². The number of benzene rings is 1. The van der Waals surface area contributed by atoms with E-state index in [1.165, 1.54) is 18.9 Å². The highest BCUT2D eigenvalue weighted by atomic mass is 35.5. The number of fused-ring (bicyclic) bond motifs is 4. The van der Waals surface area contributed by atoms with Gasteiger partial charge in [0.25, 0.3) is 6.43 Å². The van der Waals surface area contributed by atoms with Crippen molar-refractivity contribution in [1.29, 1.82) is 0 Å². The third kappa shape index (κ3) is 2.25. The first kappa shape index (κ1) is 14.2. The minimum absolute atomic E-state index is 0.00744. The first-order chi connectivity index (χ1) is 10.6. The van der Waals surface area contributed by atoms with Crippen LogP contribution in [0.4, 0.5) is 14.6 Å². The molecule has 1 N–H and O–H groups in total. The molecule has 0 amide bonds. The summed E-state index contributed by atoms with van der Waals surface area (Å²) in [7, 11) is 0. The normalized spacial score (nSPS) is 27.7. The number of nitrogens with one attached hydrogen (secondary N) is 1. The van der Waals surface area contributed by atoms with Crippen LogP contribution in [0.25, 0.3) is 11.0 Å². The molecule has 0 radical (unpaired) electrons. The summed E-state index contributed by atoms with van der Waals surface area (Å²) in [4.78, 5) is 2.42. The van der Waals surface area contributed by atoms with Crippen molar-refractivity contribution in [2.24, 2.45) is 5.92 Å². The number of alkyl halides is 2. The summed E-state index contributed by atoms with van der Waals surface area (Å²) in [5, 5.41) is 7.92. The summed E-state index contributed by atoms with van der Waals surface area (Å²) in [6.07, 6.45) is -0.350. The molecule has 7 heteroatoms. The first-order valence-electron chi connectivity index (χ1n) is 7.48. The van der Waals surface area contributed by atoms with E-state index in [1.54, 1.807) is 6.07 Å². The van der Waals surface area contributed by atoms with Gasteiger partial charge in [-0.05, 0) is 44.0 Å². The Hall–Kier alpha value is -1.40. The highest BCUT2D eigenvalue weighted by molar-refractivity contribution is 6.32. The molecular formula is C15H16ClF2N3O. The average Bonchev–Trinajstić information content (AvgIpc) is 2.91. The second-order valence-corrected chi connectivity index (χ2v) is 6.47. The molecule has 3 saturated heterocycles. The number of nitrogens with zero attached hydrogens (tertiary/aromatic N) is 2. The summed E-state index contributed by atoms with van der Waals surface area (Å²) >= 11 is 5.86. The van der Waals surface area contributed by atoms with E-state index in [1.807, 2.05) is 0 Å². The second-order valence-electron chi connectivity index (χ2n) is 6.06. The van der Waals surface area contributed by atoms with E-state index in [4.69, 9.17) is 16.1 Å². The number of hydrogen-bond donors (Lipinski definition) is 1. The van der Waals surface area contributed by atoms with E-state index >= 15 is 0 Å². The maximum atomic E-state index is 13.1. The number of halogens is 3. The highest BCUT2D eigenvalue weighted by Crippen LogP contribution is 2.38. The van der Waals surface area contributed by atoms with Gasteiger partial charge in [0.1, 0.15) is 0 Å². The molecule has 2 aromatic rings. The van der Waals surface area contributed by atoms with Crippen LogP contribution in [-0.2, 0) is 0 Å². The minimum atomic E-state index is -2.69. The summed E-state index contributed by atoms with van der Waals surface area (Å²) < 4.78 is 31.5. The molecule has 4 nitrogen and oxygen atoms in total. The van der Waals surface area contributed by atoms with Crippen LogP contribution in [0.2, 0.25) is 5.02 Å². The summed E-state index contributed by atoms with van der Waals surface area (Å²) in [6, 6.07) is 3.45. The fraction of sp³-hybridized carbons (Fsp3) is 0.533. The van der Waals surface area contributed by atoms with Crippen molar-refractivity contribution in [3.05, 3.63) is 22.7 Å². The van der Waals surface area contributed by atoms with Gasteiger partial charge in [0, 0.05) is 12.6 Å². The lowest BCUT2D eigenvalue weighted by Crippen LogP contribution is -2.53. The van der Waals surface area contributed by atoms with Crippen molar-refractivity contribution in [1.82, 2.24) is 10.1 Å². The fourth-order valence-electron chi connectivity index (χ4n) is 3.61. The van der Waals surface area contributed by atoms with Crippen molar-refractivity contribution >= 4 is 28.4 Å². The molecule has 3 aliphatic heterocycles. The second kappa shape index (κ2) is 5.35.